The number of aliphatic carboxylic acids is 2. The zero-order valence-electron chi connectivity index (χ0n) is 13.2. The van der Waals surface area contributed by atoms with Crippen molar-refractivity contribution in [2.24, 2.45) is 22.9 Å². The molecule has 0 aliphatic carbocycles. The maximum atomic E-state index is 10.3. The Labute approximate surface area is 135 Å². The second-order valence-corrected chi connectivity index (χ2v) is 4.96. The van der Waals surface area contributed by atoms with Crippen molar-refractivity contribution in [1.82, 2.24) is 5.32 Å². The molecule has 10 nitrogen and oxygen atoms in total. The molecule has 0 heterocycles. The van der Waals surface area contributed by atoms with Crippen LogP contribution in [0.5, 0.6) is 0 Å². The molecule has 0 saturated carbocycles. The number of hydrogen-bond acceptors (Lipinski definition) is 6. The van der Waals surface area contributed by atoms with Crippen LogP contribution in [0, 0.1) is 0 Å². The van der Waals surface area contributed by atoms with Crippen molar-refractivity contribution in [1.29, 1.82) is 0 Å². The van der Waals surface area contributed by atoms with Crippen LogP contribution in [0.15, 0.2) is 0 Å². The summed E-state index contributed by atoms with van der Waals surface area (Å²) < 4.78 is 0. The van der Waals surface area contributed by atoms with E-state index >= 15 is 0 Å². The fourth-order valence-corrected chi connectivity index (χ4v) is 1.46. The Bertz CT molecular complexity index is 354. The lowest BCUT2D eigenvalue weighted by atomic mass is 10.1. The molecular weight excluding hydrogens is 306 g/mol. The minimum atomic E-state index is -0.997. The van der Waals surface area contributed by atoms with Crippen LogP contribution >= 0.6 is 0 Å². The molecule has 0 aromatic carbocycles. The summed E-state index contributed by atoms with van der Waals surface area (Å²) in [5.74, 6) is -1.93. The molecule has 11 N–H and O–H groups in total. The van der Waals surface area contributed by atoms with Crippen molar-refractivity contribution in [2.75, 3.05) is 13.1 Å². The number of rotatable bonds is 11. The van der Waals surface area contributed by atoms with Gasteiger partial charge in [-0.15, -0.1) is 0 Å². The van der Waals surface area contributed by atoms with E-state index in [4.69, 9.17) is 33.1 Å². The average Bonchev–Trinajstić information content (AvgIpc) is 2.46. The van der Waals surface area contributed by atoms with E-state index in [2.05, 4.69) is 5.32 Å². The van der Waals surface area contributed by atoms with Crippen molar-refractivity contribution in [3.8, 4) is 0 Å². The lowest BCUT2D eigenvalue weighted by Gasteiger charge is -2.05. The predicted molar refractivity (Wildman–Crippen MR) is 85.6 cm³/mol. The normalized spacial score (nSPS) is 12.5. The minimum Gasteiger partial charge on any atom is -0.480 e. The van der Waals surface area contributed by atoms with Crippen LogP contribution in [0.3, 0.4) is 0 Å². The number of nitrogens with two attached hydrogens (primary N) is 4. The van der Waals surface area contributed by atoms with Crippen LogP contribution in [0.25, 0.3) is 0 Å². The zero-order chi connectivity index (χ0) is 18.3. The van der Waals surface area contributed by atoms with Crippen LogP contribution in [-0.4, -0.2) is 53.4 Å². The number of amides is 2. The summed E-state index contributed by atoms with van der Waals surface area (Å²) in [6.07, 6.45) is 3.92. The van der Waals surface area contributed by atoms with E-state index in [1.807, 2.05) is 0 Å². The Kier molecular flexibility index (Phi) is 15.2. The first-order valence-corrected chi connectivity index (χ1v) is 7.42. The third-order valence-corrected chi connectivity index (χ3v) is 2.84. The Morgan fingerprint density at radius 1 is 0.870 bits per heavy atom. The van der Waals surface area contributed by atoms with Crippen molar-refractivity contribution >= 4 is 18.0 Å². The Balaban J connectivity index is 0. The Morgan fingerprint density at radius 2 is 1.30 bits per heavy atom. The Hall–Kier alpha value is -1.91. The standard InChI is InChI=1S/C7H15N3O3.C6H14N2O2/c8-5(6(11)12)3-1-2-4-10-7(9)13;7-4-2-1-3-5(8)6(9)10/h5H,1-4,8H2,(H,11,12)(H3,9,10,13);5H,1-4,7-8H2,(H,9,10). The highest BCUT2D eigenvalue weighted by Gasteiger charge is 2.10. The molecule has 2 atom stereocenters. The molecule has 0 aromatic heterocycles. The summed E-state index contributed by atoms with van der Waals surface area (Å²) in [5.41, 5.74) is 20.5. The van der Waals surface area contributed by atoms with E-state index in [9.17, 15) is 14.4 Å². The number of primary amides is 1. The van der Waals surface area contributed by atoms with Gasteiger partial charge in [-0.2, -0.15) is 0 Å². The summed E-state index contributed by atoms with van der Waals surface area (Å²) in [5, 5.41) is 19.1. The molecule has 0 fully saturated rings. The van der Waals surface area contributed by atoms with Gasteiger partial charge in [0.2, 0.25) is 0 Å². The third-order valence-electron chi connectivity index (χ3n) is 2.84. The van der Waals surface area contributed by atoms with Crippen LogP contribution < -0.4 is 28.3 Å². The number of carboxylic acids is 2. The number of carboxylic acid groups (broad SMARTS) is 2. The molecular formula is C13H29N5O5. The summed E-state index contributed by atoms with van der Waals surface area (Å²) >= 11 is 0. The highest BCUT2D eigenvalue weighted by atomic mass is 16.4. The second-order valence-electron chi connectivity index (χ2n) is 4.96. The lowest BCUT2D eigenvalue weighted by molar-refractivity contribution is -0.139. The number of carbonyl (C=O) groups excluding carboxylic acids is 1. The first-order valence-electron chi connectivity index (χ1n) is 7.42. The van der Waals surface area contributed by atoms with E-state index < -0.39 is 30.1 Å². The van der Waals surface area contributed by atoms with Crippen LogP contribution in [0.1, 0.15) is 38.5 Å². The molecule has 136 valence electrons. The van der Waals surface area contributed by atoms with Gasteiger partial charge in [0.05, 0.1) is 0 Å². The summed E-state index contributed by atoms with van der Waals surface area (Å²) in [6, 6.07) is -2.09. The van der Waals surface area contributed by atoms with E-state index in [1.54, 1.807) is 0 Å². The maximum absolute atomic E-state index is 10.3. The van der Waals surface area contributed by atoms with E-state index in [0.717, 1.165) is 12.8 Å². The van der Waals surface area contributed by atoms with Gasteiger partial charge in [-0.3, -0.25) is 9.59 Å². The van der Waals surface area contributed by atoms with Crippen LogP contribution in [0.4, 0.5) is 4.79 Å². The number of urea groups is 1. The van der Waals surface area contributed by atoms with Gasteiger partial charge >= 0.3 is 18.0 Å². The van der Waals surface area contributed by atoms with Crippen molar-refractivity contribution < 1.29 is 24.6 Å². The van der Waals surface area contributed by atoms with Gasteiger partial charge in [0, 0.05) is 6.54 Å². The topological polar surface area (TPSA) is 208 Å². The van der Waals surface area contributed by atoms with Gasteiger partial charge < -0.3 is 38.5 Å². The largest absolute Gasteiger partial charge is 0.480 e. The summed E-state index contributed by atoms with van der Waals surface area (Å²) in [4.78, 5) is 30.6. The van der Waals surface area contributed by atoms with Crippen LogP contribution in [0.2, 0.25) is 0 Å². The van der Waals surface area contributed by atoms with E-state index in [1.165, 1.54) is 0 Å². The smallest absolute Gasteiger partial charge is 0.320 e. The molecule has 23 heavy (non-hydrogen) atoms. The number of unbranched alkanes of at least 4 members (excludes halogenated alkanes) is 2. The van der Waals surface area contributed by atoms with Gasteiger partial charge in [0.25, 0.3) is 0 Å². The van der Waals surface area contributed by atoms with Crippen molar-refractivity contribution in [3.05, 3.63) is 0 Å². The number of nitrogens with one attached hydrogen (secondary N) is 1. The summed E-state index contributed by atoms with van der Waals surface area (Å²) in [7, 11) is 0. The van der Waals surface area contributed by atoms with Gasteiger partial charge in [-0.05, 0) is 38.6 Å². The SMILES string of the molecule is NC(=O)NCCCCC(N)C(=O)O.NCCCCC(N)C(=O)O. The molecule has 2 amide bonds. The predicted octanol–water partition coefficient (Wildman–Crippen LogP) is -1.24. The molecule has 0 saturated heterocycles. The number of carbonyl (C=O) groups is 3. The van der Waals surface area contributed by atoms with Crippen LogP contribution in [-0.2, 0) is 9.59 Å². The molecule has 0 aromatic rings. The lowest BCUT2D eigenvalue weighted by Crippen LogP contribution is -2.31. The number of hydrogen-bond donors (Lipinski definition) is 7. The molecule has 10 heteroatoms. The third kappa shape index (κ3) is 18.0. The van der Waals surface area contributed by atoms with Gasteiger partial charge in [0.15, 0.2) is 0 Å². The monoisotopic (exact) mass is 335 g/mol. The molecule has 0 radical (unpaired) electrons. The van der Waals surface area contributed by atoms with Crippen molar-refractivity contribution in [3.63, 3.8) is 0 Å². The highest BCUT2D eigenvalue weighted by Crippen LogP contribution is 1.98. The minimum absolute atomic E-state index is 0.412. The van der Waals surface area contributed by atoms with Gasteiger partial charge in [0.1, 0.15) is 12.1 Å². The first kappa shape index (κ1) is 23.4. The summed E-state index contributed by atoms with van der Waals surface area (Å²) in [6.45, 7) is 1.06. The first-order chi connectivity index (χ1) is 10.7. The fraction of sp³-hybridized carbons (Fsp3) is 0.769. The van der Waals surface area contributed by atoms with Crippen molar-refractivity contribution in [2.45, 2.75) is 50.6 Å². The molecule has 0 aliphatic heterocycles. The molecule has 0 aliphatic rings. The van der Waals surface area contributed by atoms with Gasteiger partial charge in [-0.1, -0.05) is 6.42 Å². The molecule has 0 spiro atoms. The second kappa shape index (κ2) is 15.0. The quantitative estimate of drug-likeness (QED) is 0.227. The molecule has 2 unspecified atom stereocenters. The van der Waals surface area contributed by atoms with E-state index in [0.29, 0.717) is 38.8 Å². The van der Waals surface area contributed by atoms with Gasteiger partial charge in [-0.25, -0.2) is 4.79 Å². The highest BCUT2D eigenvalue weighted by molar-refractivity contribution is 5.73. The Morgan fingerprint density at radius 3 is 1.65 bits per heavy atom. The molecule has 0 rings (SSSR count). The van der Waals surface area contributed by atoms with E-state index in [-0.39, 0.29) is 0 Å². The maximum Gasteiger partial charge on any atom is 0.320 e. The average molecular weight is 335 g/mol. The zero-order valence-corrected chi connectivity index (χ0v) is 13.2. The fourth-order valence-electron chi connectivity index (χ4n) is 1.46. The molecule has 0 bridgehead atoms.